The maximum atomic E-state index is 13.1. The first kappa shape index (κ1) is 19.5. The number of hydrogen-bond donors (Lipinski definition) is 2. The number of anilines is 1. The van der Waals surface area contributed by atoms with Crippen LogP contribution in [0.3, 0.4) is 0 Å². The van der Waals surface area contributed by atoms with Gasteiger partial charge in [0.25, 0.3) is 0 Å². The third kappa shape index (κ3) is 4.29. The van der Waals surface area contributed by atoms with Crippen molar-refractivity contribution in [1.82, 2.24) is 20.4 Å². The molecule has 4 rings (SSSR count). The van der Waals surface area contributed by atoms with Gasteiger partial charge in [0.1, 0.15) is 5.82 Å². The van der Waals surface area contributed by atoms with Crippen LogP contribution in [0.2, 0.25) is 0 Å². The van der Waals surface area contributed by atoms with E-state index < -0.39 is 0 Å². The van der Waals surface area contributed by atoms with Gasteiger partial charge >= 0.3 is 6.03 Å². The third-order valence-corrected chi connectivity index (χ3v) is 4.96. The normalized spacial score (nSPS) is 18.7. The summed E-state index contributed by atoms with van der Waals surface area (Å²) in [7, 11) is 1.92. The van der Waals surface area contributed by atoms with E-state index in [1.54, 1.807) is 36.4 Å². The summed E-state index contributed by atoms with van der Waals surface area (Å²) in [5.74, 6) is 0.512. The average Bonchev–Trinajstić information content (AvgIpc) is 3.35. The molecule has 0 unspecified atom stereocenters. The van der Waals surface area contributed by atoms with Gasteiger partial charge in [-0.25, -0.2) is 9.18 Å². The minimum absolute atomic E-state index is 0.111. The fourth-order valence-electron chi connectivity index (χ4n) is 3.50. The molecule has 2 amide bonds. The maximum Gasteiger partial charge on any atom is 0.319 e. The van der Waals surface area contributed by atoms with Crippen molar-refractivity contribution < 1.29 is 13.7 Å². The summed E-state index contributed by atoms with van der Waals surface area (Å²) in [6.45, 7) is 0.616. The number of carbonyl (C=O) groups excluding carboxylic acids is 1. The zero-order chi connectivity index (χ0) is 21.1. The number of nitrogens with zero attached hydrogens (tertiary/aromatic N) is 4. The number of amides is 2. The standard InChI is InChI=1S/C21H19FN6O2/c1-28-12-17(25-21(29)24-16-4-2-3-13(9-16)11-23)10-18(28)20-26-19(27-30-20)14-5-7-15(22)8-6-14/h2-9,17-18H,10,12H2,1H3,(H2,24,25,29)/t17-,18-/m0/s1. The van der Waals surface area contributed by atoms with E-state index in [4.69, 9.17) is 9.78 Å². The van der Waals surface area contributed by atoms with Crippen LogP contribution >= 0.6 is 0 Å². The Morgan fingerprint density at radius 2 is 2.10 bits per heavy atom. The van der Waals surface area contributed by atoms with Crippen molar-refractivity contribution >= 4 is 11.7 Å². The molecule has 2 aromatic carbocycles. The topological polar surface area (TPSA) is 107 Å². The lowest BCUT2D eigenvalue weighted by Gasteiger charge is -2.14. The van der Waals surface area contributed by atoms with E-state index >= 15 is 0 Å². The van der Waals surface area contributed by atoms with Gasteiger partial charge < -0.3 is 15.2 Å². The molecule has 8 nitrogen and oxygen atoms in total. The molecular formula is C21H19FN6O2. The highest BCUT2D eigenvalue weighted by molar-refractivity contribution is 5.89. The van der Waals surface area contributed by atoms with Crippen molar-refractivity contribution in [2.24, 2.45) is 0 Å². The molecule has 0 saturated carbocycles. The number of nitrogens with one attached hydrogen (secondary N) is 2. The number of likely N-dealkylation sites (N-methyl/N-ethyl adjacent to an activating group) is 1. The largest absolute Gasteiger partial charge is 0.337 e. The Labute approximate surface area is 172 Å². The molecule has 30 heavy (non-hydrogen) atoms. The summed E-state index contributed by atoms with van der Waals surface area (Å²) in [4.78, 5) is 18.8. The highest BCUT2D eigenvalue weighted by Crippen LogP contribution is 2.31. The molecule has 1 aromatic heterocycles. The summed E-state index contributed by atoms with van der Waals surface area (Å²) in [6, 6.07) is 14.0. The minimum Gasteiger partial charge on any atom is -0.337 e. The Morgan fingerprint density at radius 3 is 2.87 bits per heavy atom. The lowest BCUT2D eigenvalue weighted by atomic mass is 10.1. The van der Waals surface area contributed by atoms with E-state index in [0.717, 1.165) is 0 Å². The van der Waals surface area contributed by atoms with Gasteiger partial charge in [0.05, 0.1) is 17.7 Å². The van der Waals surface area contributed by atoms with Crippen LogP contribution in [0, 0.1) is 17.1 Å². The van der Waals surface area contributed by atoms with Crippen LogP contribution < -0.4 is 10.6 Å². The second-order valence-electron chi connectivity index (χ2n) is 7.14. The van der Waals surface area contributed by atoms with Crippen LogP contribution in [-0.2, 0) is 0 Å². The molecule has 1 aliphatic heterocycles. The summed E-state index contributed by atoms with van der Waals surface area (Å²) in [6.07, 6.45) is 0.604. The zero-order valence-electron chi connectivity index (χ0n) is 16.2. The molecule has 0 aliphatic carbocycles. The fourth-order valence-corrected chi connectivity index (χ4v) is 3.50. The zero-order valence-corrected chi connectivity index (χ0v) is 16.2. The molecular weight excluding hydrogens is 387 g/mol. The average molecular weight is 406 g/mol. The van der Waals surface area contributed by atoms with Crippen LogP contribution in [0.25, 0.3) is 11.4 Å². The Balaban J connectivity index is 1.38. The molecule has 0 bridgehead atoms. The van der Waals surface area contributed by atoms with E-state index in [1.807, 2.05) is 18.0 Å². The Hall–Kier alpha value is -3.77. The molecule has 1 aliphatic rings. The van der Waals surface area contributed by atoms with Gasteiger partial charge in [0.2, 0.25) is 11.7 Å². The van der Waals surface area contributed by atoms with E-state index in [2.05, 4.69) is 20.8 Å². The molecule has 3 aromatic rings. The molecule has 1 saturated heterocycles. The van der Waals surface area contributed by atoms with E-state index in [9.17, 15) is 9.18 Å². The predicted octanol–water partition coefficient (Wildman–Crippen LogP) is 3.31. The Kier molecular flexibility index (Phi) is 5.41. The van der Waals surface area contributed by atoms with Crippen molar-refractivity contribution in [3.8, 4) is 17.5 Å². The van der Waals surface area contributed by atoms with Gasteiger partial charge in [-0.3, -0.25) is 4.90 Å². The van der Waals surface area contributed by atoms with Crippen molar-refractivity contribution in [2.75, 3.05) is 18.9 Å². The number of aromatic nitrogens is 2. The Bertz CT molecular complexity index is 1090. The molecule has 0 spiro atoms. The fraction of sp³-hybridized carbons (Fsp3) is 0.238. The van der Waals surface area contributed by atoms with Crippen LogP contribution in [0.5, 0.6) is 0 Å². The maximum absolute atomic E-state index is 13.1. The van der Waals surface area contributed by atoms with E-state index in [-0.39, 0.29) is 23.9 Å². The summed E-state index contributed by atoms with van der Waals surface area (Å²) < 4.78 is 18.5. The predicted molar refractivity (Wildman–Crippen MR) is 107 cm³/mol. The van der Waals surface area contributed by atoms with Gasteiger partial charge in [-0.2, -0.15) is 10.2 Å². The number of likely N-dealkylation sites (tertiary alicyclic amines) is 1. The van der Waals surface area contributed by atoms with Crippen LogP contribution in [0.4, 0.5) is 14.9 Å². The van der Waals surface area contributed by atoms with Gasteiger partial charge in [-0.1, -0.05) is 11.2 Å². The molecule has 1 fully saturated rings. The molecule has 9 heteroatoms. The summed E-state index contributed by atoms with van der Waals surface area (Å²) in [5.41, 5.74) is 1.69. The highest BCUT2D eigenvalue weighted by Gasteiger charge is 2.35. The van der Waals surface area contributed by atoms with Crippen molar-refractivity contribution in [2.45, 2.75) is 18.5 Å². The van der Waals surface area contributed by atoms with E-state index in [1.165, 1.54) is 12.1 Å². The van der Waals surface area contributed by atoms with E-state index in [0.29, 0.717) is 41.5 Å². The van der Waals surface area contributed by atoms with Gasteiger partial charge in [0.15, 0.2) is 0 Å². The van der Waals surface area contributed by atoms with Gasteiger partial charge in [-0.05, 0) is 55.9 Å². The second-order valence-corrected chi connectivity index (χ2v) is 7.14. The number of benzene rings is 2. The van der Waals surface area contributed by atoms with Crippen LogP contribution in [0.15, 0.2) is 53.1 Å². The molecule has 2 atom stereocenters. The Morgan fingerprint density at radius 1 is 1.30 bits per heavy atom. The van der Waals surface area contributed by atoms with Crippen molar-refractivity contribution in [1.29, 1.82) is 5.26 Å². The number of carbonyl (C=O) groups is 1. The molecule has 2 heterocycles. The lowest BCUT2D eigenvalue weighted by molar-refractivity contribution is 0.243. The number of halogens is 1. The van der Waals surface area contributed by atoms with Gasteiger partial charge in [-0.15, -0.1) is 0 Å². The molecule has 0 radical (unpaired) electrons. The molecule has 2 N–H and O–H groups in total. The first-order valence-corrected chi connectivity index (χ1v) is 9.39. The SMILES string of the molecule is CN1C[C@@H](NC(=O)Nc2cccc(C#N)c2)C[C@H]1c1nc(-c2ccc(F)cc2)no1. The first-order chi connectivity index (χ1) is 14.5. The highest BCUT2D eigenvalue weighted by atomic mass is 19.1. The summed E-state index contributed by atoms with van der Waals surface area (Å²) in [5, 5.41) is 18.6. The third-order valence-electron chi connectivity index (χ3n) is 4.96. The monoisotopic (exact) mass is 406 g/mol. The number of rotatable bonds is 4. The molecule has 152 valence electrons. The first-order valence-electron chi connectivity index (χ1n) is 9.39. The van der Waals surface area contributed by atoms with Crippen LogP contribution in [-0.4, -0.2) is 40.7 Å². The summed E-state index contributed by atoms with van der Waals surface area (Å²) >= 11 is 0. The number of urea groups is 1. The minimum atomic E-state index is -0.346. The smallest absolute Gasteiger partial charge is 0.319 e. The quantitative estimate of drug-likeness (QED) is 0.688. The number of hydrogen-bond acceptors (Lipinski definition) is 6. The van der Waals surface area contributed by atoms with Crippen LogP contribution in [0.1, 0.15) is 23.9 Å². The lowest BCUT2D eigenvalue weighted by Crippen LogP contribution is -2.39. The van der Waals surface area contributed by atoms with Gasteiger partial charge in [0, 0.05) is 23.8 Å². The van der Waals surface area contributed by atoms with Crippen molar-refractivity contribution in [3.05, 3.63) is 65.8 Å². The number of nitriles is 1. The second kappa shape index (κ2) is 8.31. The van der Waals surface area contributed by atoms with Crippen molar-refractivity contribution in [3.63, 3.8) is 0 Å².